The zero-order valence-electron chi connectivity index (χ0n) is 13.0. The Balaban J connectivity index is 2.35. The summed E-state index contributed by atoms with van der Waals surface area (Å²) in [6.45, 7) is 0. The molecule has 0 aliphatic rings. The molecule has 3 aromatic rings. The normalized spacial score (nSPS) is 10.4. The molecule has 130 valence electrons. The fourth-order valence-corrected chi connectivity index (χ4v) is 3.07. The SMILES string of the molecule is N#Cc1c(C(=O)NN)nn(-c2ccc(Cl)cc2Cl)c1-c1ccc(Cl)cc1. The topological polar surface area (TPSA) is 96.7 Å². The molecule has 1 heterocycles. The van der Waals surface area contributed by atoms with Crippen LogP contribution in [0.2, 0.25) is 15.1 Å². The molecule has 0 bridgehead atoms. The van der Waals surface area contributed by atoms with Crippen molar-refractivity contribution in [2.45, 2.75) is 0 Å². The molecule has 0 unspecified atom stereocenters. The largest absolute Gasteiger partial charge is 0.289 e. The van der Waals surface area contributed by atoms with Gasteiger partial charge < -0.3 is 0 Å². The number of benzene rings is 2. The molecule has 26 heavy (non-hydrogen) atoms. The van der Waals surface area contributed by atoms with E-state index in [2.05, 4.69) is 5.10 Å². The van der Waals surface area contributed by atoms with Gasteiger partial charge in [-0.25, -0.2) is 10.5 Å². The van der Waals surface area contributed by atoms with Crippen molar-refractivity contribution >= 4 is 40.7 Å². The Bertz CT molecular complexity index is 1040. The molecule has 9 heteroatoms. The molecule has 0 atom stereocenters. The van der Waals surface area contributed by atoms with Crippen LogP contribution >= 0.6 is 34.8 Å². The molecule has 0 saturated carbocycles. The van der Waals surface area contributed by atoms with Crippen molar-refractivity contribution in [3.8, 4) is 23.0 Å². The number of halogens is 3. The highest BCUT2D eigenvalue weighted by atomic mass is 35.5. The molecule has 6 nitrogen and oxygen atoms in total. The van der Waals surface area contributed by atoms with Crippen LogP contribution in [0.3, 0.4) is 0 Å². The van der Waals surface area contributed by atoms with E-state index >= 15 is 0 Å². The van der Waals surface area contributed by atoms with E-state index in [0.717, 1.165) is 0 Å². The number of nitrogens with one attached hydrogen (secondary N) is 1. The Morgan fingerprint density at radius 2 is 1.77 bits per heavy atom. The fraction of sp³-hybridized carbons (Fsp3) is 0. The zero-order chi connectivity index (χ0) is 18.8. The second kappa shape index (κ2) is 7.36. The Morgan fingerprint density at radius 3 is 2.35 bits per heavy atom. The van der Waals surface area contributed by atoms with Crippen LogP contribution in [0.4, 0.5) is 0 Å². The molecule has 2 aromatic carbocycles. The molecule has 3 N–H and O–H groups in total. The Kier molecular flexibility index (Phi) is 5.16. The first-order chi connectivity index (χ1) is 12.5. The van der Waals surface area contributed by atoms with Gasteiger partial charge in [0.1, 0.15) is 11.6 Å². The summed E-state index contributed by atoms with van der Waals surface area (Å²) in [7, 11) is 0. The van der Waals surface area contributed by atoms with Crippen molar-refractivity contribution in [1.29, 1.82) is 5.26 Å². The maximum Gasteiger partial charge on any atom is 0.287 e. The summed E-state index contributed by atoms with van der Waals surface area (Å²) in [6.07, 6.45) is 0. The van der Waals surface area contributed by atoms with Crippen LogP contribution in [0, 0.1) is 11.3 Å². The maximum absolute atomic E-state index is 12.1. The van der Waals surface area contributed by atoms with E-state index < -0.39 is 5.91 Å². The number of amides is 1. The minimum absolute atomic E-state index is 0.0567. The van der Waals surface area contributed by atoms with Gasteiger partial charge in [-0.15, -0.1) is 0 Å². The highest BCUT2D eigenvalue weighted by Crippen LogP contribution is 2.33. The Labute approximate surface area is 163 Å². The van der Waals surface area contributed by atoms with E-state index in [0.29, 0.717) is 32.0 Å². The van der Waals surface area contributed by atoms with Crippen molar-refractivity contribution in [3.05, 3.63) is 68.8 Å². The first-order valence-electron chi connectivity index (χ1n) is 7.21. The van der Waals surface area contributed by atoms with Crippen LogP contribution in [-0.4, -0.2) is 15.7 Å². The molecule has 0 aliphatic carbocycles. The van der Waals surface area contributed by atoms with E-state index in [-0.39, 0.29) is 11.3 Å². The second-order valence-corrected chi connectivity index (χ2v) is 6.45. The number of aromatic nitrogens is 2. The lowest BCUT2D eigenvalue weighted by atomic mass is 10.1. The van der Waals surface area contributed by atoms with Gasteiger partial charge in [-0.3, -0.25) is 10.2 Å². The van der Waals surface area contributed by atoms with Gasteiger partial charge in [0.05, 0.1) is 16.4 Å². The van der Waals surface area contributed by atoms with Gasteiger partial charge in [-0.2, -0.15) is 10.4 Å². The molecule has 1 aromatic heterocycles. The minimum Gasteiger partial charge on any atom is -0.289 e. The summed E-state index contributed by atoms with van der Waals surface area (Å²) in [4.78, 5) is 12.1. The fourth-order valence-electron chi connectivity index (χ4n) is 2.45. The third-order valence-electron chi connectivity index (χ3n) is 3.60. The van der Waals surface area contributed by atoms with E-state index in [1.54, 1.807) is 42.5 Å². The van der Waals surface area contributed by atoms with E-state index in [1.165, 1.54) is 4.68 Å². The van der Waals surface area contributed by atoms with Crippen LogP contribution in [0.25, 0.3) is 16.9 Å². The van der Waals surface area contributed by atoms with Crippen molar-refractivity contribution in [2.24, 2.45) is 5.84 Å². The van der Waals surface area contributed by atoms with Crippen LogP contribution in [0.5, 0.6) is 0 Å². The molecule has 0 radical (unpaired) electrons. The number of rotatable bonds is 3. The van der Waals surface area contributed by atoms with Crippen LogP contribution in [0.15, 0.2) is 42.5 Å². The van der Waals surface area contributed by atoms with Gasteiger partial charge in [0.15, 0.2) is 5.69 Å². The van der Waals surface area contributed by atoms with Gasteiger partial charge >= 0.3 is 0 Å². The standard InChI is InChI=1S/C17H10Cl3N5O/c18-10-3-1-9(2-4-10)16-12(8-21)15(17(26)23-22)24-25(16)14-6-5-11(19)7-13(14)20/h1-7H,22H2,(H,23,26). The third-order valence-corrected chi connectivity index (χ3v) is 4.39. The highest BCUT2D eigenvalue weighted by Gasteiger charge is 2.25. The van der Waals surface area contributed by atoms with Gasteiger partial charge in [0.2, 0.25) is 0 Å². The quantitative estimate of drug-likeness (QED) is 0.391. The van der Waals surface area contributed by atoms with E-state index in [4.69, 9.17) is 40.6 Å². The monoisotopic (exact) mass is 405 g/mol. The molecule has 1 amide bonds. The molecule has 3 rings (SSSR count). The number of hydrogen-bond donors (Lipinski definition) is 2. The van der Waals surface area contributed by atoms with Crippen LogP contribution < -0.4 is 11.3 Å². The Hall–Kier alpha value is -2.56. The highest BCUT2D eigenvalue weighted by molar-refractivity contribution is 6.35. The summed E-state index contributed by atoms with van der Waals surface area (Å²) in [5.41, 5.74) is 3.39. The smallest absolute Gasteiger partial charge is 0.287 e. The zero-order valence-corrected chi connectivity index (χ0v) is 15.3. The van der Waals surface area contributed by atoms with Crippen molar-refractivity contribution < 1.29 is 4.79 Å². The first-order valence-corrected chi connectivity index (χ1v) is 8.35. The lowest BCUT2D eigenvalue weighted by molar-refractivity contribution is 0.0948. The number of nitriles is 1. The lowest BCUT2D eigenvalue weighted by Gasteiger charge is -2.10. The number of hydrazine groups is 1. The summed E-state index contributed by atoms with van der Waals surface area (Å²) in [5, 5.41) is 15.2. The summed E-state index contributed by atoms with van der Waals surface area (Å²) >= 11 is 18.2. The van der Waals surface area contributed by atoms with E-state index in [1.807, 2.05) is 11.5 Å². The lowest BCUT2D eigenvalue weighted by Crippen LogP contribution is -2.31. The van der Waals surface area contributed by atoms with Crippen molar-refractivity contribution in [1.82, 2.24) is 15.2 Å². The molecule has 0 spiro atoms. The molecule has 0 aliphatic heterocycles. The molecular formula is C17H10Cl3N5O. The van der Waals surface area contributed by atoms with Gasteiger partial charge in [0.25, 0.3) is 5.91 Å². The predicted molar refractivity (Wildman–Crippen MR) is 100 cm³/mol. The van der Waals surface area contributed by atoms with Gasteiger partial charge in [-0.1, -0.05) is 46.9 Å². The summed E-state index contributed by atoms with van der Waals surface area (Å²) < 4.78 is 1.41. The average molecular weight is 407 g/mol. The first kappa shape index (κ1) is 18.2. The number of nitrogens with zero attached hydrogens (tertiary/aromatic N) is 3. The average Bonchev–Trinajstić information content (AvgIpc) is 3.01. The van der Waals surface area contributed by atoms with E-state index in [9.17, 15) is 10.1 Å². The third kappa shape index (κ3) is 3.26. The number of carbonyl (C=O) groups excluding carboxylic acids is 1. The van der Waals surface area contributed by atoms with Crippen LogP contribution in [0.1, 0.15) is 16.1 Å². The molecular weight excluding hydrogens is 397 g/mol. The number of nitrogens with two attached hydrogens (primary N) is 1. The maximum atomic E-state index is 12.1. The molecule has 0 fully saturated rings. The predicted octanol–water partition coefficient (Wildman–Crippen LogP) is 3.97. The minimum atomic E-state index is -0.694. The number of hydrogen-bond acceptors (Lipinski definition) is 4. The van der Waals surface area contributed by atoms with Gasteiger partial charge in [-0.05, 0) is 30.3 Å². The number of carbonyl (C=O) groups is 1. The number of nitrogen functional groups attached to an aromatic ring is 1. The van der Waals surface area contributed by atoms with Gasteiger partial charge in [0, 0.05) is 15.6 Å². The van der Waals surface area contributed by atoms with Crippen molar-refractivity contribution in [3.63, 3.8) is 0 Å². The summed E-state index contributed by atoms with van der Waals surface area (Å²) in [6, 6.07) is 13.6. The second-order valence-electron chi connectivity index (χ2n) is 5.17. The summed E-state index contributed by atoms with van der Waals surface area (Å²) in [5.74, 6) is 4.52. The molecule has 0 saturated heterocycles. The van der Waals surface area contributed by atoms with Crippen molar-refractivity contribution in [2.75, 3.05) is 0 Å². The van der Waals surface area contributed by atoms with Crippen LogP contribution in [-0.2, 0) is 0 Å². The Morgan fingerprint density at radius 1 is 1.12 bits per heavy atom.